The molecule has 0 aliphatic carbocycles. The Morgan fingerprint density at radius 3 is 2.41 bits per heavy atom. The third-order valence-corrected chi connectivity index (χ3v) is 5.83. The number of carbonyl (C=O) groups is 1. The number of nitrogens with zero attached hydrogens (tertiary/aromatic N) is 1. The minimum absolute atomic E-state index is 0.176. The predicted octanol–water partition coefficient (Wildman–Crippen LogP) is 2.63. The Morgan fingerprint density at radius 1 is 1.10 bits per heavy atom. The number of ether oxygens (including phenoxy) is 2. The molecule has 0 spiro atoms. The van der Waals surface area contributed by atoms with Crippen LogP contribution < -0.4 is 19.1 Å². The Hall–Kier alpha value is -2.81. The van der Waals surface area contributed by atoms with E-state index in [1.807, 2.05) is 0 Å². The minimum atomic E-state index is -3.90. The van der Waals surface area contributed by atoms with Gasteiger partial charge in [-0.15, -0.1) is 0 Å². The monoisotopic (exact) mass is 422 g/mol. The number of carbonyl (C=O) groups excluding carboxylic acids is 1. The Morgan fingerprint density at radius 2 is 1.76 bits per heavy atom. The highest BCUT2D eigenvalue weighted by molar-refractivity contribution is 7.92. The summed E-state index contributed by atoms with van der Waals surface area (Å²) in [4.78, 5) is 12.8. The summed E-state index contributed by atoms with van der Waals surface area (Å²) < 4.78 is 50.6. The van der Waals surface area contributed by atoms with Crippen LogP contribution in [0.2, 0.25) is 0 Å². The second-order valence-electron chi connectivity index (χ2n) is 6.82. The van der Waals surface area contributed by atoms with E-state index in [1.165, 1.54) is 25.1 Å². The first kappa shape index (κ1) is 20.9. The molecule has 2 atom stereocenters. The SMILES string of the molecule is C[C@H](NC(=O)[C@H](C)N(c1ccccc1F)S(C)(=O)=O)c1ccc2c(c1)OCCO2. The van der Waals surface area contributed by atoms with E-state index < -0.39 is 33.8 Å². The van der Waals surface area contributed by atoms with Crippen molar-refractivity contribution >= 4 is 21.6 Å². The van der Waals surface area contributed by atoms with Gasteiger partial charge in [0.2, 0.25) is 15.9 Å². The van der Waals surface area contributed by atoms with Gasteiger partial charge in [0.05, 0.1) is 18.0 Å². The molecule has 0 radical (unpaired) electrons. The van der Waals surface area contributed by atoms with Crippen molar-refractivity contribution in [2.24, 2.45) is 0 Å². The van der Waals surface area contributed by atoms with Gasteiger partial charge in [0.1, 0.15) is 25.1 Å². The first-order chi connectivity index (χ1) is 13.7. The smallest absolute Gasteiger partial charge is 0.244 e. The van der Waals surface area contributed by atoms with Gasteiger partial charge in [0.15, 0.2) is 11.5 Å². The fourth-order valence-electron chi connectivity index (χ4n) is 3.16. The van der Waals surface area contributed by atoms with Crippen LogP contribution >= 0.6 is 0 Å². The lowest BCUT2D eigenvalue weighted by atomic mass is 10.1. The molecular formula is C20H23FN2O5S. The standard InChI is InChI=1S/C20H23FN2O5S/c1-13(15-8-9-18-19(12-15)28-11-10-27-18)22-20(24)14(2)23(29(3,25)26)17-7-5-4-6-16(17)21/h4-9,12-14H,10-11H2,1-3H3,(H,22,24)/t13-,14-/m0/s1. The fraction of sp³-hybridized carbons (Fsp3) is 0.350. The molecule has 0 saturated heterocycles. The van der Waals surface area contributed by atoms with Gasteiger partial charge in [-0.2, -0.15) is 0 Å². The van der Waals surface area contributed by atoms with Crippen LogP contribution in [0.15, 0.2) is 42.5 Å². The average Bonchev–Trinajstić information content (AvgIpc) is 2.68. The first-order valence-electron chi connectivity index (χ1n) is 9.12. The van der Waals surface area contributed by atoms with Gasteiger partial charge >= 0.3 is 0 Å². The van der Waals surface area contributed by atoms with E-state index in [2.05, 4.69) is 5.32 Å². The van der Waals surface area contributed by atoms with E-state index >= 15 is 0 Å². The van der Waals surface area contributed by atoms with Gasteiger partial charge in [-0.25, -0.2) is 12.8 Å². The Bertz CT molecular complexity index is 1010. The van der Waals surface area contributed by atoms with Crippen molar-refractivity contribution < 1.29 is 27.1 Å². The van der Waals surface area contributed by atoms with Gasteiger partial charge in [-0.05, 0) is 43.7 Å². The number of fused-ring (bicyclic) bond motifs is 1. The van der Waals surface area contributed by atoms with Crippen molar-refractivity contribution in [3.05, 3.63) is 53.8 Å². The van der Waals surface area contributed by atoms with Crippen LogP contribution in [0.3, 0.4) is 0 Å². The predicted molar refractivity (Wildman–Crippen MR) is 107 cm³/mol. The van der Waals surface area contributed by atoms with E-state index in [9.17, 15) is 17.6 Å². The Kier molecular flexibility index (Phi) is 5.97. The fourth-order valence-corrected chi connectivity index (χ4v) is 4.33. The van der Waals surface area contributed by atoms with Gasteiger partial charge in [-0.3, -0.25) is 9.10 Å². The summed E-state index contributed by atoms with van der Waals surface area (Å²) in [6, 6.07) is 9.19. The van der Waals surface area contributed by atoms with Crippen molar-refractivity contribution in [2.45, 2.75) is 25.9 Å². The zero-order valence-corrected chi connectivity index (χ0v) is 17.2. The lowest BCUT2D eigenvalue weighted by molar-refractivity contribution is -0.122. The number of halogens is 1. The lowest BCUT2D eigenvalue weighted by Gasteiger charge is -2.29. The maximum Gasteiger partial charge on any atom is 0.244 e. The zero-order valence-electron chi connectivity index (χ0n) is 16.4. The van der Waals surface area contributed by atoms with Crippen molar-refractivity contribution in [1.29, 1.82) is 0 Å². The van der Waals surface area contributed by atoms with E-state index in [0.29, 0.717) is 24.7 Å². The molecule has 3 rings (SSSR count). The van der Waals surface area contributed by atoms with Crippen molar-refractivity contribution in [3.63, 3.8) is 0 Å². The maximum absolute atomic E-state index is 14.2. The van der Waals surface area contributed by atoms with Gasteiger partial charge in [0.25, 0.3) is 0 Å². The molecule has 2 aromatic carbocycles. The molecule has 0 aromatic heterocycles. The minimum Gasteiger partial charge on any atom is -0.486 e. The average molecular weight is 422 g/mol. The molecule has 0 unspecified atom stereocenters. The summed E-state index contributed by atoms with van der Waals surface area (Å²) in [5.74, 6) is -0.0553. The molecule has 1 amide bonds. The molecule has 0 fully saturated rings. The topological polar surface area (TPSA) is 84.9 Å². The van der Waals surface area contributed by atoms with E-state index in [-0.39, 0.29) is 5.69 Å². The van der Waals surface area contributed by atoms with Gasteiger partial charge < -0.3 is 14.8 Å². The van der Waals surface area contributed by atoms with Crippen LogP contribution in [0.25, 0.3) is 0 Å². The molecule has 1 aliphatic rings. The van der Waals surface area contributed by atoms with Crippen LogP contribution in [0.4, 0.5) is 10.1 Å². The van der Waals surface area contributed by atoms with E-state index in [0.717, 1.165) is 22.2 Å². The van der Waals surface area contributed by atoms with E-state index in [4.69, 9.17) is 9.47 Å². The number of benzene rings is 2. The highest BCUT2D eigenvalue weighted by Gasteiger charge is 2.31. The van der Waals surface area contributed by atoms with Crippen molar-refractivity contribution in [2.75, 3.05) is 23.8 Å². The molecule has 0 saturated carbocycles. The number of hydrogen-bond acceptors (Lipinski definition) is 5. The van der Waals surface area contributed by atoms with Crippen LogP contribution in [-0.2, 0) is 14.8 Å². The maximum atomic E-state index is 14.2. The summed E-state index contributed by atoms with van der Waals surface area (Å²) >= 11 is 0. The molecule has 29 heavy (non-hydrogen) atoms. The number of amides is 1. The summed E-state index contributed by atoms with van der Waals surface area (Å²) in [6.07, 6.45) is 0.938. The Balaban J connectivity index is 1.80. The second kappa shape index (κ2) is 8.28. The number of para-hydroxylation sites is 1. The van der Waals surface area contributed by atoms with Crippen molar-refractivity contribution in [3.8, 4) is 11.5 Å². The molecule has 0 bridgehead atoms. The van der Waals surface area contributed by atoms with E-state index in [1.54, 1.807) is 25.1 Å². The zero-order chi connectivity index (χ0) is 21.2. The van der Waals surface area contributed by atoms with Crippen LogP contribution in [0.5, 0.6) is 11.5 Å². The number of nitrogens with one attached hydrogen (secondary N) is 1. The van der Waals surface area contributed by atoms with Crippen LogP contribution in [0, 0.1) is 5.82 Å². The molecule has 1 heterocycles. The normalized spacial score (nSPS) is 15.3. The largest absolute Gasteiger partial charge is 0.486 e. The van der Waals surface area contributed by atoms with Gasteiger partial charge in [0, 0.05) is 0 Å². The third kappa shape index (κ3) is 4.61. The third-order valence-electron chi connectivity index (χ3n) is 4.60. The summed E-state index contributed by atoms with van der Waals surface area (Å²) in [5, 5.41) is 2.78. The molecule has 156 valence electrons. The molecular weight excluding hydrogens is 399 g/mol. The van der Waals surface area contributed by atoms with Gasteiger partial charge in [-0.1, -0.05) is 18.2 Å². The lowest BCUT2D eigenvalue weighted by Crippen LogP contribution is -2.48. The molecule has 1 N–H and O–H groups in total. The molecule has 7 nitrogen and oxygen atoms in total. The highest BCUT2D eigenvalue weighted by atomic mass is 32.2. The number of hydrogen-bond donors (Lipinski definition) is 1. The second-order valence-corrected chi connectivity index (χ2v) is 8.68. The molecule has 9 heteroatoms. The number of anilines is 1. The Labute approximate surface area is 169 Å². The van der Waals surface area contributed by atoms with Crippen LogP contribution in [0.1, 0.15) is 25.5 Å². The first-order valence-corrected chi connectivity index (χ1v) is 11.0. The number of rotatable bonds is 6. The molecule has 1 aliphatic heterocycles. The quantitative estimate of drug-likeness (QED) is 0.774. The number of sulfonamides is 1. The summed E-state index contributed by atoms with van der Waals surface area (Å²) in [5.41, 5.74) is 0.594. The van der Waals surface area contributed by atoms with Crippen LogP contribution in [-0.4, -0.2) is 39.8 Å². The summed E-state index contributed by atoms with van der Waals surface area (Å²) in [7, 11) is -3.90. The highest BCUT2D eigenvalue weighted by Crippen LogP contribution is 2.32. The summed E-state index contributed by atoms with van der Waals surface area (Å²) in [6.45, 7) is 4.11. The van der Waals surface area contributed by atoms with Crippen molar-refractivity contribution in [1.82, 2.24) is 5.32 Å². The molecule has 2 aromatic rings.